The lowest BCUT2D eigenvalue weighted by molar-refractivity contribution is 0.160. The molecule has 0 aliphatic carbocycles. The van der Waals surface area contributed by atoms with Gasteiger partial charge in [-0.2, -0.15) is 5.26 Å². The van der Waals surface area contributed by atoms with Gasteiger partial charge in [0.15, 0.2) is 0 Å². The molecule has 1 atom stereocenters. The quantitative estimate of drug-likeness (QED) is 0.612. The third kappa shape index (κ3) is 6.88. The molecule has 0 aliphatic rings. The molecule has 0 radical (unpaired) electrons. The molecule has 0 saturated heterocycles. The van der Waals surface area contributed by atoms with Crippen molar-refractivity contribution in [1.29, 1.82) is 5.26 Å². The van der Waals surface area contributed by atoms with Crippen LogP contribution >= 0.6 is 0 Å². The summed E-state index contributed by atoms with van der Waals surface area (Å²) in [4.78, 5) is 0. The highest BCUT2D eigenvalue weighted by atomic mass is 16.3. The Morgan fingerprint density at radius 2 is 2.14 bits per heavy atom. The fraction of sp³-hybridized carbons (Fsp3) is 0.909. The van der Waals surface area contributed by atoms with Crippen molar-refractivity contribution < 1.29 is 5.11 Å². The van der Waals surface area contributed by atoms with Crippen molar-refractivity contribution in [2.45, 2.75) is 46.1 Å². The summed E-state index contributed by atoms with van der Waals surface area (Å²) in [6, 6.07) is 2.25. The first-order chi connectivity index (χ1) is 6.52. The van der Waals surface area contributed by atoms with Crippen molar-refractivity contribution in [3.8, 4) is 6.07 Å². The highest BCUT2D eigenvalue weighted by Crippen LogP contribution is 2.16. The maximum Gasteiger partial charge on any atom is 0.0684 e. The first-order valence-corrected chi connectivity index (χ1v) is 5.32. The van der Waals surface area contributed by atoms with Gasteiger partial charge in [-0.1, -0.05) is 13.3 Å². The average Bonchev–Trinajstić information content (AvgIpc) is 2.13. The molecule has 0 heterocycles. The minimum absolute atomic E-state index is 0.245. The lowest BCUT2D eigenvalue weighted by atomic mass is 9.91. The van der Waals surface area contributed by atoms with E-state index in [9.17, 15) is 5.11 Å². The summed E-state index contributed by atoms with van der Waals surface area (Å²) < 4.78 is 0. The molecule has 0 amide bonds. The Hall–Kier alpha value is -0.590. The van der Waals surface area contributed by atoms with Crippen molar-refractivity contribution in [2.24, 2.45) is 5.41 Å². The minimum atomic E-state index is -0.261. The average molecular weight is 198 g/mol. The van der Waals surface area contributed by atoms with Gasteiger partial charge in [-0.05, 0) is 33.2 Å². The molecule has 0 bridgehead atoms. The SMILES string of the molecule is CCCC(O)CNCCC(C)(C)C#N. The number of hydrogen-bond donors (Lipinski definition) is 2. The smallest absolute Gasteiger partial charge is 0.0684 e. The molecule has 2 N–H and O–H groups in total. The molecule has 0 aromatic rings. The van der Waals surface area contributed by atoms with Gasteiger partial charge in [0.1, 0.15) is 0 Å². The van der Waals surface area contributed by atoms with Gasteiger partial charge in [-0.3, -0.25) is 0 Å². The number of nitrogens with one attached hydrogen (secondary N) is 1. The molecule has 0 aromatic heterocycles. The van der Waals surface area contributed by atoms with E-state index in [0.717, 1.165) is 25.8 Å². The van der Waals surface area contributed by atoms with Crippen molar-refractivity contribution in [2.75, 3.05) is 13.1 Å². The zero-order valence-electron chi connectivity index (χ0n) is 9.51. The second kappa shape index (κ2) is 6.80. The Morgan fingerprint density at radius 1 is 1.50 bits per heavy atom. The summed E-state index contributed by atoms with van der Waals surface area (Å²) in [5.74, 6) is 0. The van der Waals surface area contributed by atoms with Crippen LogP contribution in [0.1, 0.15) is 40.0 Å². The van der Waals surface area contributed by atoms with Crippen LogP contribution < -0.4 is 5.32 Å². The number of nitrogens with zero attached hydrogens (tertiary/aromatic N) is 1. The molecule has 0 fully saturated rings. The van der Waals surface area contributed by atoms with Crippen LogP contribution in [-0.2, 0) is 0 Å². The number of aliphatic hydroxyl groups excluding tert-OH is 1. The van der Waals surface area contributed by atoms with Crippen LogP contribution in [0.4, 0.5) is 0 Å². The summed E-state index contributed by atoms with van der Waals surface area (Å²) >= 11 is 0. The van der Waals surface area contributed by atoms with Gasteiger partial charge in [0.05, 0.1) is 17.6 Å². The topological polar surface area (TPSA) is 56.0 Å². The normalized spacial score (nSPS) is 13.6. The molecule has 14 heavy (non-hydrogen) atoms. The maximum atomic E-state index is 9.41. The van der Waals surface area contributed by atoms with Crippen LogP contribution in [0.5, 0.6) is 0 Å². The molecule has 82 valence electrons. The van der Waals surface area contributed by atoms with E-state index < -0.39 is 0 Å². The molecule has 1 unspecified atom stereocenters. The molecule has 0 aromatic carbocycles. The van der Waals surface area contributed by atoms with E-state index in [4.69, 9.17) is 5.26 Å². The lowest BCUT2D eigenvalue weighted by Gasteiger charge is -2.16. The van der Waals surface area contributed by atoms with E-state index in [1.165, 1.54) is 0 Å². The van der Waals surface area contributed by atoms with Gasteiger partial charge in [0.25, 0.3) is 0 Å². The van der Waals surface area contributed by atoms with E-state index in [2.05, 4.69) is 18.3 Å². The number of rotatable bonds is 7. The minimum Gasteiger partial charge on any atom is -0.392 e. The Balaban J connectivity index is 3.43. The molecular formula is C11H22N2O. The third-order valence-corrected chi connectivity index (χ3v) is 2.23. The van der Waals surface area contributed by atoms with E-state index in [1.54, 1.807) is 0 Å². The zero-order valence-corrected chi connectivity index (χ0v) is 9.51. The monoisotopic (exact) mass is 198 g/mol. The van der Waals surface area contributed by atoms with Gasteiger partial charge >= 0.3 is 0 Å². The second-order valence-electron chi connectivity index (χ2n) is 4.39. The van der Waals surface area contributed by atoms with E-state index in [-0.39, 0.29) is 11.5 Å². The molecular weight excluding hydrogens is 176 g/mol. The maximum absolute atomic E-state index is 9.41. The van der Waals surface area contributed by atoms with Gasteiger partial charge in [0.2, 0.25) is 0 Å². The fourth-order valence-corrected chi connectivity index (χ4v) is 1.16. The standard InChI is InChI=1S/C11H22N2O/c1-4-5-10(14)8-13-7-6-11(2,3)9-12/h10,13-14H,4-8H2,1-3H3. The van der Waals surface area contributed by atoms with E-state index in [1.807, 2.05) is 13.8 Å². The lowest BCUT2D eigenvalue weighted by Crippen LogP contribution is -2.29. The first-order valence-electron chi connectivity index (χ1n) is 5.32. The van der Waals surface area contributed by atoms with Crippen molar-refractivity contribution in [3.63, 3.8) is 0 Å². The Bertz CT molecular complexity index is 184. The molecule has 3 nitrogen and oxygen atoms in total. The van der Waals surface area contributed by atoms with Crippen molar-refractivity contribution in [3.05, 3.63) is 0 Å². The van der Waals surface area contributed by atoms with E-state index in [0.29, 0.717) is 6.54 Å². The summed E-state index contributed by atoms with van der Waals surface area (Å²) in [5.41, 5.74) is -0.261. The van der Waals surface area contributed by atoms with Crippen LogP contribution in [0.2, 0.25) is 0 Å². The summed E-state index contributed by atoms with van der Waals surface area (Å²) in [5, 5.41) is 21.3. The van der Waals surface area contributed by atoms with Gasteiger partial charge < -0.3 is 10.4 Å². The molecule has 0 rings (SSSR count). The van der Waals surface area contributed by atoms with Crippen LogP contribution in [0.25, 0.3) is 0 Å². The highest BCUT2D eigenvalue weighted by molar-refractivity contribution is 4.91. The van der Waals surface area contributed by atoms with Crippen LogP contribution in [0, 0.1) is 16.7 Å². The predicted octanol–water partition coefficient (Wildman–Crippen LogP) is 1.68. The molecule has 0 spiro atoms. The largest absolute Gasteiger partial charge is 0.392 e. The molecule has 0 saturated carbocycles. The van der Waals surface area contributed by atoms with Crippen LogP contribution in [-0.4, -0.2) is 24.3 Å². The Morgan fingerprint density at radius 3 is 2.64 bits per heavy atom. The van der Waals surface area contributed by atoms with Gasteiger partial charge in [-0.25, -0.2) is 0 Å². The first kappa shape index (κ1) is 13.4. The number of hydrogen-bond acceptors (Lipinski definition) is 3. The Kier molecular flexibility index (Phi) is 6.52. The number of nitriles is 1. The van der Waals surface area contributed by atoms with Gasteiger partial charge in [0, 0.05) is 6.54 Å². The van der Waals surface area contributed by atoms with Crippen LogP contribution in [0.15, 0.2) is 0 Å². The number of aliphatic hydroxyl groups is 1. The van der Waals surface area contributed by atoms with Crippen molar-refractivity contribution in [1.82, 2.24) is 5.32 Å². The predicted molar refractivity (Wildman–Crippen MR) is 57.8 cm³/mol. The molecule has 3 heteroatoms. The zero-order chi connectivity index (χ0) is 11.0. The summed E-state index contributed by atoms with van der Waals surface area (Å²) in [6.07, 6.45) is 2.42. The Labute approximate surface area is 87.1 Å². The fourth-order valence-electron chi connectivity index (χ4n) is 1.16. The summed E-state index contributed by atoms with van der Waals surface area (Å²) in [7, 11) is 0. The highest BCUT2D eigenvalue weighted by Gasteiger charge is 2.15. The third-order valence-electron chi connectivity index (χ3n) is 2.23. The molecule has 0 aliphatic heterocycles. The van der Waals surface area contributed by atoms with Crippen molar-refractivity contribution >= 4 is 0 Å². The second-order valence-corrected chi connectivity index (χ2v) is 4.39. The van der Waals surface area contributed by atoms with Crippen LogP contribution in [0.3, 0.4) is 0 Å². The van der Waals surface area contributed by atoms with Gasteiger partial charge in [-0.15, -0.1) is 0 Å². The summed E-state index contributed by atoms with van der Waals surface area (Å²) in [6.45, 7) is 7.34. The van der Waals surface area contributed by atoms with E-state index >= 15 is 0 Å².